The number of hydrogen-bond acceptors (Lipinski definition) is 3. The van der Waals surface area contributed by atoms with Crippen molar-refractivity contribution in [1.29, 1.82) is 0 Å². The van der Waals surface area contributed by atoms with E-state index in [-0.39, 0.29) is 0 Å². The first-order chi connectivity index (χ1) is 8.65. The van der Waals surface area contributed by atoms with Gasteiger partial charge < -0.3 is 5.11 Å². The van der Waals surface area contributed by atoms with E-state index in [0.29, 0.717) is 0 Å². The molecule has 1 aromatic rings. The summed E-state index contributed by atoms with van der Waals surface area (Å²) in [5.74, 6) is -0.782. The van der Waals surface area contributed by atoms with Crippen LogP contribution in [0.25, 0.3) is 0 Å². The van der Waals surface area contributed by atoms with Crippen LogP contribution in [0.4, 0.5) is 0 Å². The van der Waals surface area contributed by atoms with Crippen LogP contribution < -0.4 is 0 Å². The molecule has 0 amide bonds. The quantitative estimate of drug-likeness (QED) is 0.891. The van der Waals surface area contributed by atoms with E-state index in [0.717, 1.165) is 31.5 Å². The molecule has 2 rings (SSSR count). The van der Waals surface area contributed by atoms with Crippen molar-refractivity contribution in [1.82, 2.24) is 9.88 Å². The van der Waals surface area contributed by atoms with Gasteiger partial charge in [-0.25, -0.2) is 4.79 Å². The molecule has 0 aromatic carbocycles. The summed E-state index contributed by atoms with van der Waals surface area (Å²) in [6.07, 6.45) is 7.87. The third kappa shape index (κ3) is 2.38. The molecule has 1 unspecified atom stereocenters. The Morgan fingerprint density at radius 1 is 1.22 bits per heavy atom. The molecule has 0 spiro atoms. The molecule has 4 nitrogen and oxygen atoms in total. The van der Waals surface area contributed by atoms with Gasteiger partial charge in [0, 0.05) is 12.4 Å². The molecule has 1 aromatic heterocycles. The lowest BCUT2D eigenvalue weighted by Gasteiger charge is -2.37. The number of carboxylic acid groups (broad SMARTS) is 1. The molecule has 1 saturated heterocycles. The van der Waals surface area contributed by atoms with Crippen molar-refractivity contribution in [2.75, 3.05) is 13.1 Å². The Kier molecular flexibility index (Phi) is 3.97. The van der Waals surface area contributed by atoms with E-state index < -0.39 is 11.5 Å². The maximum atomic E-state index is 11.8. The first kappa shape index (κ1) is 13.0. The molecular formula is C14H20N2O2. The average Bonchev–Trinajstić information content (AvgIpc) is 2.67. The van der Waals surface area contributed by atoms with Crippen LogP contribution in [0.3, 0.4) is 0 Å². The Morgan fingerprint density at radius 2 is 1.78 bits per heavy atom. The smallest absolute Gasteiger partial charge is 0.328 e. The minimum Gasteiger partial charge on any atom is -0.480 e. The standard InChI is InChI=1S/C14H20N2O2/c1-14(13(17)18,12-6-8-15-9-7-12)16-10-4-2-3-5-11-16/h6-9H,2-5,10-11H2,1H3,(H,17,18). The zero-order chi connectivity index (χ0) is 13.0. The molecule has 18 heavy (non-hydrogen) atoms. The Hall–Kier alpha value is -1.42. The van der Waals surface area contributed by atoms with Crippen LogP contribution in [0.1, 0.15) is 38.2 Å². The maximum absolute atomic E-state index is 11.8. The Balaban J connectivity index is 2.34. The van der Waals surface area contributed by atoms with Gasteiger partial charge >= 0.3 is 5.97 Å². The van der Waals surface area contributed by atoms with Crippen LogP contribution in [-0.2, 0) is 10.3 Å². The third-order valence-corrected chi connectivity index (χ3v) is 3.90. The van der Waals surface area contributed by atoms with Crippen molar-refractivity contribution in [2.45, 2.75) is 38.1 Å². The lowest BCUT2D eigenvalue weighted by atomic mass is 9.90. The van der Waals surface area contributed by atoms with Crippen molar-refractivity contribution in [3.63, 3.8) is 0 Å². The van der Waals surface area contributed by atoms with E-state index in [4.69, 9.17) is 0 Å². The molecule has 1 fully saturated rings. The first-order valence-corrected chi connectivity index (χ1v) is 6.54. The lowest BCUT2D eigenvalue weighted by molar-refractivity contribution is -0.151. The fourth-order valence-corrected chi connectivity index (χ4v) is 2.64. The first-order valence-electron chi connectivity index (χ1n) is 6.54. The van der Waals surface area contributed by atoms with Gasteiger partial charge in [0.05, 0.1) is 0 Å². The number of carboxylic acids is 1. The molecule has 4 heteroatoms. The van der Waals surface area contributed by atoms with Gasteiger partial charge in [0.15, 0.2) is 0 Å². The van der Waals surface area contributed by atoms with Crippen LogP contribution in [0, 0.1) is 0 Å². The number of hydrogen-bond donors (Lipinski definition) is 1. The second-order valence-electron chi connectivity index (χ2n) is 5.01. The number of rotatable bonds is 3. The summed E-state index contributed by atoms with van der Waals surface area (Å²) < 4.78 is 0. The third-order valence-electron chi connectivity index (χ3n) is 3.90. The molecule has 98 valence electrons. The van der Waals surface area contributed by atoms with E-state index in [1.807, 2.05) is 0 Å². The number of aliphatic carboxylic acids is 1. The van der Waals surface area contributed by atoms with E-state index in [2.05, 4.69) is 9.88 Å². The molecule has 2 heterocycles. The highest BCUT2D eigenvalue weighted by molar-refractivity contribution is 5.80. The highest BCUT2D eigenvalue weighted by atomic mass is 16.4. The van der Waals surface area contributed by atoms with Crippen LogP contribution in [0.5, 0.6) is 0 Å². The molecule has 0 saturated carbocycles. The topological polar surface area (TPSA) is 53.4 Å². The van der Waals surface area contributed by atoms with Crippen LogP contribution in [0.15, 0.2) is 24.5 Å². The molecule has 0 radical (unpaired) electrons. The summed E-state index contributed by atoms with van der Waals surface area (Å²) in [5.41, 5.74) is -0.125. The zero-order valence-corrected chi connectivity index (χ0v) is 10.8. The summed E-state index contributed by atoms with van der Waals surface area (Å²) in [6.45, 7) is 3.51. The van der Waals surface area contributed by atoms with E-state index in [9.17, 15) is 9.90 Å². The van der Waals surface area contributed by atoms with Crippen molar-refractivity contribution >= 4 is 5.97 Å². The van der Waals surface area contributed by atoms with Crippen LogP contribution >= 0.6 is 0 Å². The van der Waals surface area contributed by atoms with Gasteiger partial charge in [-0.15, -0.1) is 0 Å². The van der Waals surface area contributed by atoms with Crippen molar-refractivity contribution in [3.8, 4) is 0 Å². The normalized spacial score (nSPS) is 20.9. The molecule has 0 bridgehead atoms. The van der Waals surface area contributed by atoms with Crippen molar-refractivity contribution in [3.05, 3.63) is 30.1 Å². The summed E-state index contributed by atoms with van der Waals surface area (Å²) in [4.78, 5) is 17.8. The molecule has 1 aliphatic heterocycles. The summed E-state index contributed by atoms with van der Waals surface area (Å²) in [7, 11) is 0. The van der Waals surface area contributed by atoms with E-state index >= 15 is 0 Å². The summed E-state index contributed by atoms with van der Waals surface area (Å²) in [5, 5.41) is 9.67. The zero-order valence-electron chi connectivity index (χ0n) is 10.8. The van der Waals surface area contributed by atoms with Crippen LogP contribution in [0.2, 0.25) is 0 Å². The number of aromatic nitrogens is 1. The highest BCUT2D eigenvalue weighted by Gasteiger charge is 2.41. The highest BCUT2D eigenvalue weighted by Crippen LogP contribution is 2.30. The van der Waals surface area contributed by atoms with Gasteiger partial charge in [0.1, 0.15) is 5.54 Å². The van der Waals surface area contributed by atoms with Gasteiger partial charge in [-0.1, -0.05) is 12.8 Å². The van der Waals surface area contributed by atoms with Gasteiger partial charge in [0.25, 0.3) is 0 Å². The predicted octanol–water partition coefficient (Wildman–Crippen LogP) is 2.26. The van der Waals surface area contributed by atoms with Gasteiger partial charge in [0.2, 0.25) is 0 Å². The molecule has 1 aliphatic rings. The summed E-state index contributed by atoms with van der Waals surface area (Å²) in [6, 6.07) is 3.61. The number of pyridine rings is 1. The van der Waals surface area contributed by atoms with Gasteiger partial charge in [-0.3, -0.25) is 9.88 Å². The second-order valence-corrected chi connectivity index (χ2v) is 5.01. The summed E-state index contributed by atoms with van der Waals surface area (Å²) >= 11 is 0. The second kappa shape index (κ2) is 5.48. The number of likely N-dealkylation sites (tertiary alicyclic amines) is 1. The Bertz CT molecular complexity index is 400. The number of nitrogens with zero attached hydrogens (tertiary/aromatic N) is 2. The molecule has 1 N–H and O–H groups in total. The monoisotopic (exact) mass is 248 g/mol. The minimum absolute atomic E-state index is 0.782. The fourth-order valence-electron chi connectivity index (χ4n) is 2.64. The van der Waals surface area contributed by atoms with Crippen molar-refractivity contribution < 1.29 is 9.90 Å². The van der Waals surface area contributed by atoms with Crippen molar-refractivity contribution in [2.24, 2.45) is 0 Å². The maximum Gasteiger partial charge on any atom is 0.328 e. The van der Waals surface area contributed by atoms with E-state index in [1.165, 1.54) is 12.8 Å². The SMILES string of the molecule is CC(C(=O)O)(c1ccncc1)N1CCCCCC1. The molecule has 0 aliphatic carbocycles. The Morgan fingerprint density at radius 3 is 2.28 bits per heavy atom. The van der Waals surface area contributed by atoms with Crippen LogP contribution in [-0.4, -0.2) is 34.0 Å². The predicted molar refractivity (Wildman–Crippen MR) is 69.3 cm³/mol. The molecular weight excluding hydrogens is 228 g/mol. The number of carbonyl (C=O) groups is 1. The average molecular weight is 248 g/mol. The molecule has 1 atom stereocenters. The Labute approximate surface area is 108 Å². The minimum atomic E-state index is -0.937. The van der Waals surface area contributed by atoms with Gasteiger partial charge in [-0.05, 0) is 50.6 Å². The largest absolute Gasteiger partial charge is 0.480 e. The fraction of sp³-hybridized carbons (Fsp3) is 0.571. The lowest BCUT2D eigenvalue weighted by Crippen LogP contribution is -2.50. The van der Waals surface area contributed by atoms with Gasteiger partial charge in [-0.2, -0.15) is 0 Å². The van der Waals surface area contributed by atoms with E-state index in [1.54, 1.807) is 31.5 Å².